The molecule has 1 unspecified atom stereocenters. The predicted molar refractivity (Wildman–Crippen MR) is 114 cm³/mol. The highest BCUT2D eigenvalue weighted by molar-refractivity contribution is 6.74. The lowest BCUT2D eigenvalue weighted by Gasteiger charge is -2.42. The average Bonchev–Trinajstić information content (AvgIpc) is 2.94. The first kappa shape index (κ1) is 21.2. The Bertz CT molecular complexity index is 791. The fourth-order valence-electron chi connectivity index (χ4n) is 3.73. The lowest BCUT2D eigenvalue weighted by atomic mass is 9.84. The average molecular weight is 404 g/mol. The molecule has 1 aliphatic rings. The Hall–Kier alpha value is -1.53. The van der Waals surface area contributed by atoms with E-state index >= 15 is 0 Å². The van der Waals surface area contributed by atoms with E-state index in [4.69, 9.17) is 4.43 Å². The number of aryl methyl sites for hydroxylation is 2. The Kier molecular flexibility index (Phi) is 5.83. The van der Waals surface area contributed by atoms with Gasteiger partial charge in [-0.1, -0.05) is 20.8 Å². The van der Waals surface area contributed by atoms with Crippen LogP contribution in [0.5, 0.6) is 0 Å². The summed E-state index contributed by atoms with van der Waals surface area (Å²) < 4.78 is 23.4. The second kappa shape index (κ2) is 7.71. The highest BCUT2D eigenvalue weighted by Crippen LogP contribution is 2.41. The Balaban J connectivity index is 1.67. The van der Waals surface area contributed by atoms with Crippen molar-refractivity contribution in [1.82, 2.24) is 14.5 Å². The molecule has 0 saturated heterocycles. The van der Waals surface area contributed by atoms with Gasteiger partial charge in [-0.05, 0) is 63.4 Å². The highest BCUT2D eigenvalue weighted by Gasteiger charge is 2.42. The van der Waals surface area contributed by atoms with Crippen LogP contribution in [-0.2, 0) is 4.43 Å². The zero-order valence-corrected chi connectivity index (χ0v) is 19.3. The number of alkyl halides is 1. The first-order valence-electron chi connectivity index (χ1n) is 10.3. The Morgan fingerprint density at radius 1 is 1.07 bits per heavy atom. The van der Waals surface area contributed by atoms with Crippen LogP contribution >= 0.6 is 0 Å². The smallest absolute Gasteiger partial charge is 0.192 e. The van der Waals surface area contributed by atoms with Gasteiger partial charge in [0.1, 0.15) is 6.17 Å². The molecule has 0 aromatic carbocycles. The van der Waals surface area contributed by atoms with Crippen molar-refractivity contribution in [2.24, 2.45) is 0 Å². The molecule has 0 bridgehead atoms. The number of rotatable bonds is 4. The third-order valence-electron chi connectivity index (χ3n) is 6.54. The van der Waals surface area contributed by atoms with Crippen LogP contribution in [0.25, 0.3) is 5.82 Å². The minimum Gasteiger partial charge on any atom is -0.411 e. The zero-order valence-electron chi connectivity index (χ0n) is 18.3. The molecule has 2 heterocycles. The summed E-state index contributed by atoms with van der Waals surface area (Å²) in [6.45, 7) is 15.1. The summed E-state index contributed by atoms with van der Waals surface area (Å²) in [6, 6.07) is 4.14. The molecule has 0 amide bonds. The van der Waals surface area contributed by atoms with Gasteiger partial charge in [-0.25, -0.2) is 9.37 Å². The zero-order chi connectivity index (χ0) is 20.7. The summed E-state index contributed by atoms with van der Waals surface area (Å²) in [5.41, 5.74) is 3.15. The van der Waals surface area contributed by atoms with Gasteiger partial charge in [0.15, 0.2) is 14.1 Å². The maximum atomic E-state index is 15.0. The van der Waals surface area contributed by atoms with Crippen LogP contribution in [0.3, 0.4) is 0 Å². The Morgan fingerprint density at radius 2 is 1.71 bits per heavy atom. The monoisotopic (exact) mass is 403 g/mol. The molecule has 2 aromatic heterocycles. The number of aromatic nitrogens is 3. The van der Waals surface area contributed by atoms with Gasteiger partial charge < -0.3 is 8.99 Å². The first-order valence-corrected chi connectivity index (χ1v) is 13.2. The van der Waals surface area contributed by atoms with Crippen LogP contribution in [0, 0.1) is 13.8 Å². The SMILES string of the molecule is Cc1ccc(C)n1-c1cnc([C@@H]2CCC(O[Si](C)(C)C(C)(C)C)[C@@H](F)C2)cn1. The first-order chi connectivity index (χ1) is 13.0. The number of hydrogen-bond donors (Lipinski definition) is 0. The summed E-state index contributed by atoms with van der Waals surface area (Å²) in [7, 11) is -1.96. The van der Waals surface area contributed by atoms with E-state index in [-0.39, 0.29) is 17.1 Å². The van der Waals surface area contributed by atoms with Crippen molar-refractivity contribution in [3.8, 4) is 5.82 Å². The second-order valence-electron chi connectivity index (χ2n) is 9.69. The van der Waals surface area contributed by atoms with Gasteiger partial charge >= 0.3 is 0 Å². The van der Waals surface area contributed by atoms with Gasteiger partial charge in [-0.15, -0.1) is 0 Å². The van der Waals surface area contributed by atoms with Crippen LogP contribution in [0.2, 0.25) is 18.1 Å². The largest absolute Gasteiger partial charge is 0.411 e. The molecule has 1 aliphatic carbocycles. The maximum Gasteiger partial charge on any atom is 0.192 e. The van der Waals surface area contributed by atoms with Crippen molar-refractivity contribution >= 4 is 8.32 Å². The van der Waals surface area contributed by atoms with E-state index in [9.17, 15) is 4.39 Å². The molecule has 0 aliphatic heterocycles. The molecule has 4 nitrogen and oxygen atoms in total. The third kappa shape index (κ3) is 4.23. The Morgan fingerprint density at radius 3 is 2.21 bits per heavy atom. The molecule has 0 N–H and O–H groups in total. The quantitative estimate of drug-likeness (QED) is 0.598. The van der Waals surface area contributed by atoms with Gasteiger partial charge in [-0.3, -0.25) is 4.98 Å². The Labute approximate surface area is 169 Å². The fourth-order valence-corrected chi connectivity index (χ4v) is 5.11. The van der Waals surface area contributed by atoms with Crippen molar-refractivity contribution in [2.75, 3.05) is 0 Å². The summed E-state index contributed by atoms with van der Waals surface area (Å²) >= 11 is 0. The van der Waals surface area contributed by atoms with Gasteiger partial charge in [-0.2, -0.15) is 0 Å². The van der Waals surface area contributed by atoms with E-state index in [1.165, 1.54) is 0 Å². The van der Waals surface area contributed by atoms with Crippen molar-refractivity contribution in [1.29, 1.82) is 0 Å². The molecule has 154 valence electrons. The molecule has 6 heteroatoms. The fraction of sp³-hybridized carbons (Fsp3) is 0.636. The van der Waals surface area contributed by atoms with Crippen LogP contribution in [0.15, 0.2) is 24.5 Å². The van der Waals surface area contributed by atoms with Gasteiger partial charge in [0.2, 0.25) is 0 Å². The summed E-state index contributed by atoms with van der Waals surface area (Å²) in [5, 5.41) is 0.0968. The second-order valence-corrected chi connectivity index (χ2v) is 14.4. The van der Waals surface area contributed by atoms with Crippen LogP contribution < -0.4 is 0 Å². The number of halogens is 1. The predicted octanol–water partition coefficient (Wildman–Crippen LogP) is 5.88. The standard InChI is InChI=1S/C22H34FN3OSi/c1-15-8-9-16(2)26(15)21-14-24-19(13-25-21)17-10-11-20(18(23)12-17)27-28(6,7)22(3,4)5/h8-9,13-14,17-18,20H,10-12H2,1-7H3/t17-,18+,20?/m1/s1. The molecular weight excluding hydrogens is 369 g/mol. The summed E-state index contributed by atoms with van der Waals surface area (Å²) in [6.07, 6.45) is 4.52. The van der Waals surface area contributed by atoms with Gasteiger partial charge in [0.05, 0.1) is 24.2 Å². The molecule has 3 atom stereocenters. The number of nitrogens with zero attached hydrogens (tertiary/aromatic N) is 3. The summed E-state index contributed by atoms with van der Waals surface area (Å²) in [5.74, 6) is 0.929. The molecule has 3 rings (SSSR count). The molecule has 0 spiro atoms. The van der Waals surface area contributed by atoms with Gasteiger partial charge in [0, 0.05) is 17.3 Å². The molecule has 1 fully saturated rings. The van der Waals surface area contributed by atoms with E-state index in [0.29, 0.717) is 6.42 Å². The van der Waals surface area contributed by atoms with Crippen LogP contribution in [0.4, 0.5) is 4.39 Å². The number of hydrogen-bond acceptors (Lipinski definition) is 3. The van der Waals surface area contributed by atoms with E-state index in [1.54, 1.807) is 6.20 Å². The minimum atomic E-state index is -1.96. The van der Waals surface area contributed by atoms with Crippen molar-refractivity contribution in [3.63, 3.8) is 0 Å². The third-order valence-corrected chi connectivity index (χ3v) is 11.0. The van der Waals surface area contributed by atoms with Crippen molar-refractivity contribution in [3.05, 3.63) is 41.6 Å². The minimum absolute atomic E-state index is 0.0968. The maximum absolute atomic E-state index is 15.0. The summed E-state index contributed by atoms with van der Waals surface area (Å²) in [4.78, 5) is 9.24. The van der Waals surface area contributed by atoms with Crippen LogP contribution in [0.1, 0.15) is 63.0 Å². The van der Waals surface area contributed by atoms with Crippen molar-refractivity contribution < 1.29 is 8.82 Å². The van der Waals surface area contributed by atoms with Gasteiger partial charge in [0.25, 0.3) is 0 Å². The van der Waals surface area contributed by atoms with E-state index < -0.39 is 14.5 Å². The molecular formula is C22H34FN3OSi. The lowest BCUT2D eigenvalue weighted by molar-refractivity contribution is 0.0448. The molecule has 2 aromatic rings. The molecule has 28 heavy (non-hydrogen) atoms. The topological polar surface area (TPSA) is 39.9 Å². The van der Waals surface area contributed by atoms with E-state index in [1.807, 2.05) is 6.20 Å². The van der Waals surface area contributed by atoms with Crippen LogP contribution in [-0.4, -0.2) is 35.1 Å². The lowest BCUT2D eigenvalue weighted by Crippen LogP contribution is -2.47. The molecule has 0 radical (unpaired) electrons. The molecule has 1 saturated carbocycles. The highest BCUT2D eigenvalue weighted by atomic mass is 28.4. The van der Waals surface area contributed by atoms with E-state index in [2.05, 4.69) is 74.4 Å². The van der Waals surface area contributed by atoms with Crippen molar-refractivity contribution in [2.45, 2.75) is 90.2 Å². The normalized spacial score (nSPS) is 23.8. The van der Waals surface area contributed by atoms with E-state index in [0.717, 1.165) is 35.7 Å².